The molecule has 36 heavy (non-hydrogen) atoms. The van der Waals surface area contributed by atoms with Crippen molar-refractivity contribution in [3.8, 4) is 0 Å². The molecule has 3 saturated carbocycles. The van der Waals surface area contributed by atoms with Gasteiger partial charge in [-0.25, -0.2) is 0 Å². The number of carbonyl (C=O) groups is 1. The first-order valence-corrected chi connectivity index (χ1v) is 13.4. The Labute approximate surface area is 212 Å². The zero-order valence-electron chi connectivity index (χ0n) is 21.7. The molecule has 1 aliphatic heterocycles. The average Bonchev–Trinajstić information content (AvgIpc) is 3.04. The molecule has 1 heterocycles. The van der Waals surface area contributed by atoms with Crippen LogP contribution in [0.25, 0.3) is 0 Å². The molecule has 0 aromatic rings. The summed E-state index contributed by atoms with van der Waals surface area (Å²) in [5, 5.41) is 67.1. The van der Waals surface area contributed by atoms with Crippen molar-refractivity contribution in [1.82, 2.24) is 0 Å². The largest absolute Gasteiger partial charge is 0.392 e. The highest BCUT2D eigenvalue weighted by Gasteiger charge is 2.80. The van der Waals surface area contributed by atoms with Gasteiger partial charge in [0.25, 0.3) is 0 Å². The Morgan fingerprint density at radius 3 is 2.42 bits per heavy atom. The van der Waals surface area contributed by atoms with Crippen LogP contribution in [0, 0.1) is 16.7 Å². The molecule has 0 aromatic heterocycles. The van der Waals surface area contributed by atoms with E-state index in [1.54, 1.807) is 13.8 Å². The lowest BCUT2D eigenvalue weighted by Crippen LogP contribution is -2.78. The van der Waals surface area contributed by atoms with Gasteiger partial charge in [-0.1, -0.05) is 25.5 Å². The van der Waals surface area contributed by atoms with E-state index in [-0.39, 0.29) is 38.2 Å². The normalized spacial score (nSPS) is 56.8. The quantitative estimate of drug-likeness (QED) is 0.301. The van der Waals surface area contributed by atoms with Gasteiger partial charge in [0.05, 0.1) is 29.8 Å². The number of carbonyl (C=O) groups excluding carboxylic acids is 1. The maximum Gasteiger partial charge on any atom is 0.162 e. The molecule has 4 aliphatic carbocycles. The van der Waals surface area contributed by atoms with E-state index in [1.165, 1.54) is 6.92 Å². The molecule has 1 saturated heterocycles. The van der Waals surface area contributed by atoms with E-state index in [4.69, 9.17) is 9.47 Å². The second-order valence-electron chi connectivity index (χ2n) is 12.6. The molecule has 9 nitrogen and oxygen atoms in total. The predicted molar refractivity (Wildman–Crippen MR) is 127 cm³/mol. The topological polar surface area (TPSA) is 157 Å². The number of Topliss-reactive ketones (excluding diaryl/α,β-unsaturated/α-hetero) is 1. The zero-order valence-corrected chi connectivity index (χ0v) is 21.7. The minimum absolute atomic E-state index is 0.00895. The van der Waals surface area contributed by atoms with Gasteiger partial charge in [0, 0.05) is 12.3 Å². The number of aliphatic hydroxyl groups excluding tert-OH is 3. The summed E-state index contributed by atoms with van der Waals surface area (Å²) in [5.74, 6) is -0.967. The monoisotopic (exact) mass is 510 g/mol. The molecule has 4 fully saturated rings. The highest BCUT2D eigenvalue weighted by molar-refractivity contribution is 5.87. The van der Waals surface area contributed by atoms with E-state index in [0.29, 0.717) is 19.3 Å². The molecule has 0 amide bonds. The van der Waals surface area contributed by atoms with Crippen molar-refractivity contribution in [3.05, 3.63) is 11.6 Å². The molecule has 0 spiro atoms. The van der Waals surface area contributed by atoms with Gasteiger partial charge in [-0.2, -0.15) is 0 Å². The second kappa shape index (κ2) is 8.29. The molecule has 0 bridgehead atoms. The van der Waals surface area contributed by atoms with Crippen LogP contribution in [0.5, 0.6) is 0 Å². The van der Waals surface area contributed by atoms with E-state index in [1.807, 2.05) is 6.08 Å². The Bertz CT molecular complexity index is 942. The number of ketones is 1. The maximum atomic E-state index is 12.5. The lowest BCUT2D eigenvalue weighted by atomic mass is 9.42. The minimum atomic E-state index is -1.91. The van der Waals surface area contributed by atoms with Crippen molar-refractivity contribution < 1.29 is 44.9 Å². The molecule has 204 valence electrons. The Morgan fingerprint density at radius 2 is 1.78 bits per heavy atom. The van der Waals surface area contributed by atoms with Crippen molar-refractivity contribution in [2.45, 2.75) is 133 Å². The van der Waals surface area contributed by atoms with Crippen LogP contribution < -0.4 is 0 Å². The van der Waals surface area contributed by atoms with Gasteiger partial charge < -0.3 is 40.1 Å². The lowest BCUT2D eigenvalue weighted by Gasteiger charge is -2.66. The van der Waals surface area contributed by atoms with Gasteiger partial charge >= 0.3 is 0 Å². The summed E-state index contributed by atoms with van der Waals surface area (Å²) in [6.45, 7) is 6.59. The summed E-state index contributed by atoms with van der Waals surface area (Å²) in [6, 6.07) is 0. The van der Waals surface area contributed by atoms with Gasteiger partial charge in [-0.05, 0) is 64.2 Å². The van der Waals surface area contributed by atoms with Crippen LogP contribution in [0.15, 0.2) is 11.6 Å². The van der Waals surface area contributed by atoms with Crippen molar-refractivity contribution >= 4 is 5.78 Å². The van der Waals surface area contributed by atoms with E-state index in [0.717, 1.165) is 5.57 Å². The summed E-state index contributed by atoms with van der Waals surface area (Å²) < 4.78 is 11.9. The van der Waals surface area contributed by atoms with Crippen LogP contribution in [0.2, 0.25) is 0 Å². The lowest BCUT2D eigenvalue weighted by molar-refractivity contribution is -0.314. The molecule has 0 unspecified atom stereocenters. The van der Waals surface area contributed by atoms with Gasteiger partial charge in [0.15, 0.2) is 12.1 Å². The zero-order chi connectivity index (χ0) is 26.5. The first kappa shape index (κ1) is 26.7. The molecule has 9 heteroatoms. The summed E-state index contributed by atoms with van der Waals surface area (Å²) in [5.41, 5.74) is -6.33. The van der Waals surface area contributed by atoms with Gasteiger partial charge in [0.2, 0.25) is 0 Å². The summed E-state index contributed by atoms with van der Waals surface area (Å²) in [7, 11) is 0. The first-order chi connectivity index (χ1) is 16.6. The number of fused-ring (bicyclic) bond motifs is 5. The first-order valence-electron chi connectivity index (χ1n) is 13.4. The van der Waals surface area contributed by atoms with Crippen LogP contribution in [-0.4, -0.2) is 90.0 Å². The SMILES string of the molecule is CC(=O)[C@]1(O)CC[C@@]2(O)[C@]1(C)[C@H](O)C[C@@H]1[C@@]3(C)CC[C@H](O[C@H]4C[C@H](O)[C@H](O)[C@@H](C)O4)CC3=CC[C@]12O. The van der Waals surface area contributed by atoms with Crippen molar-refractivity contribution in [2.24, 2.45) is 16.7 Å². The molecule has 5 rings (SSSR count). The standard InChI is InChI=1S/C27H42O9/c1-14-22(31)18(29)12-21(35-14)36-17-6-7-23(3)16(11-17)5-8-26(33)19(23)13-20(30)24(4)25(32,15(2)28)9-10-27(24,26)34/h5,14,17-22,29-34H,6-13H2,1-4H3/t14-,17+,18+,19-,20-,21+,22-,23+,24-,25-,26+,27-/m1/s1. The Hall–Kier alpha value is -0.910. The smallest absolute Gasteiger partial charge is 0.162 e. The van der Waals surface area contributed by atoms with Crippen molar-refractivity contribution in [2.75, 3.05) is 0 Å². The molecule has 5 aliphatic rings. The van der Waals surface area contributed by atoms with Gasteiger partial charge in [-0.15, -0.1) is 0 Å². The molecular weight excluding hydrogens is 468 g/mol. The van der Waals surface area contributed by atoms with Gasteiger partial charge in [0.1, 0.15) is 22.9 Å². The average molecular weight is 511 g/mol. The van der Waals surface area contributed by atoms with Crippen LogP contribution >= 0.6 is 0 Å². The van der Waals surface area contributed by atoms with Crippen LogP contribution in [0.3, 0.4) is 0 Å². The fourth-order valence-corrected chi connectivity index (χ4v) is 8.66. The highest BCUT2D eigenvalue weighted by Crippen LogP contribution is 2.70. The minimum Gasteiger partial charge on any atom is -0.392 e. The van der Waals surface area contributed by atoms with Crippen LogP contribution in [0.4, 0.5) is 0 Å². The third-order valence-corrected chi connectivity index (χ3v) is 11.2. The van der Waals surface area contributed by atoms with E-state index < -0.39 is 70.0 Å². The molecule has 12 atom stereocenters. The van der Waals surface area contributed by atoms with Gasteiger partial charge in [-0.3, -0.25) is 4.79 Å². The Morgan fingerprint density at radius 1 is 1.08 bits per heavy atom. The maximum absolute atomic E-state index is 12.5. The fraction of sp³-hybridized carbons (Fsp3) is 0.889. The van der Waals surface area contributed by atoms with E-state index in [9.17, 15) is 35.4 Å². The number of hydrogen-bond acceptors (Lipinski definition) is 9. The Balaban J connectivity index is 1.41. The van der Waals surface area contributed by atoms with E-state index in [2.05, 4.69) is 6.92 Å². The van der Waals surface area contributed by atoms with Crippen LogP contribution in [0.1, 0.15) is 79.1 Å². The molecule has 6 N–H and O–H groups in total. The number of aliphatic hydroxyl groups is 6. The van der Waals surface area contributed by atoms with Crippen molar-refractivity contribution in [1.29, 1.82) is 0 Å². The number of hydrogen-bond donors (Lipinski definition) is 6. The molecular formula is C27H42O9. The van der Waals surface area contributed by atoms with E-state index >= 15 is 0 Å². The number of ether oxygens (including phenoxy) is 2. The third kappa shape index (κ3) is 3.21. The summed E-state index contributed by atoms with van der Waals surface area (Å²) in [6.07, 6.45) is 0.0886. The highest BCUT2D eigenvalue weighted by atomic mass is 16.7. The third-order valence-electron chi connectivity index (χ3n) is 11.2. The second-order valence-corrected chi connectivity index (χ2v) is 12.6. The number of rotatable bonds is 3. The summed E-state index contributed by atoms with van der Waals surface area (Å²) >= 11 is 0. The fourth-order valence-electron chi connectivity index (χ4n) is 8.66. The molecule has 0 radical (unpaired) electrons. The summed E-state index contributed by atoms with van der Waals surface area (Å²) in [4.78, 5) is 12.5. The predicted octanol–water partition coefficient (Wildman–Crippen LogP) is 0.712. The molecule has 0 aromatic carbocycles. The Kier molecular flexibility index (Phi) is 6.15. The van der Waals surface area contributed by atoms with Crippen LogP contribution in [-0.2, 0) is 14.3 Å². The van der Waals surface area contributed by atoms with Crippen molar-refractivity contribution in [3.63, 3.8) is 0 Å².